The number of hydrogen-bond acceptors (Lipinski definition) is 5. The van der Waals surface area contributed by atoms with Crippen LogP contribution < -0.4 is 0 Å². The Hall–Kier alpha value is -2.56. The van der Waals surface area contributed by atoms with Gasteiger partial charge in [-0.25, -0.2) is 0 Å². The van der Waals surface area contributed by atoms with Crippen LogP contribution in [0.4, 0.5) is 0 Å². The number of hydrogen-bond donors (Lipinski definition) is 1. The maximum atomic E-state index is 12.2. The van der Waals surface area contributed by atoms with E-state index in [2.05, 4.69) is 0 Å². The first-order valence-corrected chi connectivity index (χ1v) is 11.6. The summed E-state index contributed by atoms with van der Waals surface area (Å²) in [6.07, 6.45) is 18.6. The topological polar surface area (TPSA) is 76.7 Å². The van der Waals surface area contributed by atoms with Crippen molar-refractivity contribution in [2.45, 2.75) is 84.0 Å². The lowest BCUT2D eigenvalue weighted by atomic mass is 10.0. The molecule has 1 aliphatic carbocycles. The number of aliphatic hydroxyl groups excluding tert-OH is 1. The molecule has 0 bridgehead atoms. The van der Waals surface area contributed by atoms with Gasteiger partial charge in [0.2, 0.25) is 0 Å². The predicted molar refractivity (Wildman–Crippen MR) is 122 cm³/mol. The fourth-order valence-electron chi connectivity index (χ4n) is 3.59. The highest BCUT2D eigenvalue weighted by Gasteiger charge is 2.12. The van der Waals surface area contributed by atoms with Gasteiger partial charge in [0.15, 0.2) is 11.5 Å². The number of rotatable bonds is 16. The monoisotopic (exact) mass is 428 g/mol. The summed E-state index contributed by atoms with van der Waals surface area (Å²) in [4.78, 5) is 23.6. The summed E-state index contributed by atoms with van der Waals surface area (Å²) in [5.74, 6) is 1.32. The van der Waals surface area contributed by atoms with Crippen LogP contribution in [-0.2, 0) is 16.0 Å². The summed E-state index contributed by atoms with van der Waals surface area (Å²) >= 11 is 0. The van der Waals surface area contributed by atoms with Gasteiger partial charge in [-0.1, -0.05) is 62.8 Å². The first-order valence-electron chi connectivity index (χ1n) is 11.6. The van der Waals surface area contributed by atoms with E-state index in [0.29, 0.717) is 36.7 Å². The van der Waals surface area contributed by atoms with Gasteiger partial charge in [0, 0.05) is 24.8 Å². The lowest BCUT2D eigenvalue weighted by Crippen LogP contribution is -2.04. The third-order valence-corrected chi connectivity index (χ3v) is 5.38. The van der Waals surface area contributed by atoms with Gasteiger partial charge in [0.1, 0.15) is 5.76 Å². The van der Waals surface area contributed by atoms with Crippen molar-refractivity contribution in [1.82, 2.24) is 0 Å². The summed E-state index contributed by atoms with van der Waals surface area (Å²) in [7, 11) is 0. The Morgan fingerprint density at radius 3 is 2.13 bits per heavy atom. The minimum Gasteiger partial charge on any atom is -0.512 e. The van der Waals surface area contributed by atoms with Crippen molar-refractivity contribution in [2.24, 2.45) is 0 Å². The quantitative estimate of drug-likeness (QED) is 0.136. The Kier molecular flexibility index (Phi) is 11.5. The van der Waals surface area contributed by atoms with Crippen LogP contribution in [0.5, 0.6) is 0 Å². The van der Waals surface area contributed by atoms with E-state index in [-0.39, 0.29) is 18.2 Å². The molecule has 1 heterocycles. The number of ketones is 1. The Morgan fingerprint density at radius 2 is 1.48 bits per heavy atom. The Balaban J connectivity index is 1.46. The first-order chi connectivity index (χ1) is 15.1. The Bertz CT molecular complexity index is 767. The summed E-state index contributed by atoms with van der Waals surface area (Å²) in [6.45, 7) is 2.15. The molecule has 5 heteroatoms. The van der Waals surface area contributed by atoms with Gasteiger partial charge in [0.25, 0.3) is 0 Å². The SMILES string of the molecule is CCOC(=O)CCc1ccc(C(=O)CCCCCCCCCCC(O)=C2C=CC=C2)o1. The van der Waals surface area contributed by atoms with E-state index in [1.807, 2.05) is 24.3 Å². The van der Waals surface area contributed by atoms with Crippen molar-refractivity contribution in [2.75, 3.05) is 6.61 Å². The molecule has 0 unspecified atom stereocenters. The van der Waals surface area contributed by atoms with Crippen LogP contribution in [0.25, 0.3) is 0 Å². The van der Waals surface area contributed by atoms with Gasteiger partial charge < -0.3 is 14.3 Å². The standard InChI is InChI=1S/C26H36O5/c1-2-30-26(29)20-18-22-17-19-25(31-22)24(28)16-10-8-6-4-3-5-7-9-15-23(27)21-13-11-12-14-21/h11-14,17,19,27H,2-10,15-16,18,20H2,1H3. The molecule has 5 nitrogen and oxygen atoms in total. The summed E-state index contributed by atoms with van der Waals surface area (Å²) < 4.78 is 10.5. The lowest BCUT2D eigenvalue weighted by Gasteiger charge is -2.04. The zero-order chi connectivity index (χ0) is 22.3. The molecule has 0 spiro atoms. The van der Waals surface area contributed by atoms with E-state index < -0.39 is 0 Å². The highest BCUT2D eigenvalue weighted by molar-refractivity contribution is 5.93. The molecule has 0 aromatic carbocycles. The van der Waals surface area contributed by atoms with Crippen LogP contribution in [0.15, 0.2) is 52.2 Å². The van der Waals surface area contributed by atoms with Crippen molar-refractivity contribution in [3.63, 3.8) is 0 Å². The van der Waals surface area contributed by atoms with Crippen LogP contribution in [0.2, 0.25) is 0 Å². The van der Waals surface area contributed by atoms with Crippen molar-refractivity contribution >= 4 is 11.8 Å². The minimum atomic E-state index is -0.249. The predicted octanol–water partition coefficient (Wildman–Crippen LogP) is 6.80. The first kappa shape index (κ1) is 24.7. The van der Waals surface area contributed by atoms with Crippen molar-refractivity contribution < 1.29 is 23.8 Å². The van der Waals surface area contributed by atoms with Crippen LogP contribution >= 0.6 is 0 Å². The van der Waals surface area contributed by atoms with Gasteiger partial charge >= 0.3 is 5.97 Å². The highest BCUT2D eigenvalue weighted by Crippen LogP contribution is 2.18. The molecule has 0 amide bonds. The normalized spacial score (nSPS) is 12.5. The number of esters is 1. The van der Waals surface area contributed by atoms with Gasteiger partial charge in [-0.2, -0.15) is 0 Å². The molecule has 1 aliphatic rings. The highest BCUT2D eigenvalue weighted by atomic mass is 16.5. The number of allylic oxidation sites excluding steroid dienone is 6. The molecule has 1 N–H and O–H groups in total. The fraction of sp³-hybridized carbons (Fsp3) is 0.538. The van der Waals surface area contributed by atoms with Crippen LogP contribution in [0.1, 0.15) is 93.9 Å². The molecule has 0 radical (unpaired) electrons. The van der Waals surface area contributed by atoms with E-state index in [1.54, 1.807) is 19.1 Å². The maximum absolute atomic E-state index is 12.2. The molecule has 31 heavy (non-hydrogen) atoms. The number of Topliss-reactive ketones (excluding diaryl/α,β-unsaturated/α-hetero) is 1. The number of ether oxygens (including phenoxy) is 1. The number of unbranched alkanes of at least 4 members (excludes halogenated alkanes) is 7. The molecule has 0 atom stereocenters. The molecule has 1 aromatic rings. The number of furan rings is 1. The maximum Gasteiger partial charge on any atom is 0.306 e. The Labute approximate surface area is 185 Å². The van der Waals surface area contributed by atoms with Gasteiger partial charge in [-0.3, -0.25) is 9.59 Å². The molecule has 0 saturated carbocycles. The number of carbonyl (C=O) groups is 2. The molecular weight excluding hydrogens is 392 g/mol. The van der Waals surface area contributed by atoms with E-state index in [1.165, 1.54) is 19.3 Å². The van der Waals surface area contributed by atoms with Crippen LogP contribution in [-0.4, -0.2) is 23.5 Å². The van der Waals surface area contributed by atoms with Crippen molar-refractivity contribution in [3.8, 4) is 0 Å². The van der Waals surface area contributed by atoms with E-state index in [9.17, 15) is 14.7 Å². The minimum absolute atomic E-state index is 0.0308. The molecule has 170 valence electrons. The number of aryl methyl sites for hydroxylation is 1. The van der Waals surface area contributed by atoms with Crippen molar-refractivity contribution in [3.05, 3.63) is 59.3 Å². The zero-order valence-corrected chi connectivity index (χ0v) is 18.7. The third-order valence-electron chi connectivity index (χ3n) is 5.38. The van der Waals surface area contributed by atoms with Crippen molar-refractivity contribution in [1.29, 1.82) is 0 Å². The summed E-state index contributed by atoms with van der Waals surface area (Å²) in [5.41, 5.74) is 0.942. The number of carbonyl (C=O) groups excluding carboxylic acids is 2. The van der Waals surface area contributed by atoms with Gasteiger partial charge in [0.05, 0.1) is 18.8 Å². The average molecular weight is 429 g/mol. The molecule has 1 aromatic heterocycles. The fourth-order valence-corrected chi connectivity index (χ4v) is 3.59. The van der Waals surface area contributed by atoms with Crippen LogP contribution in [0.3, 0.4) is 0 Å². The van der Waals surface area contributed by atoms with Gasteiger partial charge in [-0.05, 0) is 31.9 Å². The average Bonchev–Trinajstić information content (AvgIpc) is 3.46. The summed E-state index contributed by atoms with van der Waals surface area (Å²) in [6, 6.07) is 3.47. The van der Waals surface area contributed by atoms with E-state index in [0.717, 1.165) is 44.1 Å². The second-order valence-corrected chi connectivity index (χ2v) is 7.94. The second kappa shape index (κ2) is 14.4. The molecular formula is C26H36O5. The van der Waals surface area contributed by atoms with E-state index >= 15 is 0 Å². The smallest absolute Gasteiger partial charge is 0.306 e. The van der Waals surface area contributed by atoms with E-state index in [4.69, 9.17) is 9.15 Å². The lowest BCUT2D eigenvalue weighted by molar-refractivity contribution is -0.143. The third kappa shape index (κ3) is 9.86. The largest absolute Gasteiger partial charge is 0.512 e. The van der Waals surface area contributed by atoms with Crippen LogP contribution in [0, 0.1) is 0 Å². The van der Waals surface area contributed by atoms with Gasteiger partial charge in [-0.15, -0.1) is 0 Å². The zero-order valence-electron chi connectivity index (χ0n) is 18.7. The molecule has 2 rings (SSSR count). The molecule has 0 aliphatic heterocycles. The molecule has 0 fully saturated rings. The second-order valence-electron chi connectivity index (χ2n) is 7.94. The Morgan fingerprint density at radius 1 is 0.871 bits per heavy atom. The summed E-state index contributed by atoms with van der Waals surface area (Å²) in [5, 5.41) is 9.97. The molecule has 0 saturated heterocycles. The number of aliphatic hydroxyl groups is 1.